The average molecular weight is 298 g/mol. The van der Waals surface area contributed by atoms with Gasteiger partial charge in [-0.3, -0.25) is 4.58 Å². The second-order valence-corrected chi connectivity index (χ2v) is 9.15. The summed E-state index contributed by atoms with van der Waals surface area (Å²) in [7, 11) is -2.59. The molecule has 0 aromatic heterocycles. The van der Waals surface area contributed by atoms with Gasteiger partial charge in [-0.05, 0) is 31.1 Å². The number of hydrogen-bond donors (Lipinski definition) is 0. The van der Waals surface area contributed by atoms with E-state index < -0.39 is 8.32 Å². The summed E-state index contributed by atoms with van der Waals surface area (Å²) in [5.41, 5.74) is 1.55. The third kappa shape index (κ3) is 3.70. The van der Waals surface area contributed by atoms with Gasteiger partial charge in [0.25, 0.3) is 0 Å². The highest BCUT2D eigenvalue weighted by atomic mass is 28.4. The Hall–Kier alpha value is -1.68. The van der Waals surface area contributed by atoms with E-state index in [1.807, 2.05) is 62.9 Å². The maximum Gasteiger partial charge on any atom is 0.323 e. The molecule has 0 spiro atoms. The van der Waals surface area contributed by atoms with Crippen molar-refractivity contribution in [1.29, 1.82) is 0 Å². The SMILES string of the molecule is C=C[Si](OOC(C)(C)C)(c1ccccc1)c1ccccc1. The lowest BCUT2D eigenvalue weighted by molar-refractivity contribution is -0.281. The van der Waals surface area contributed by atoms with E-state index in [-0.39, 0.29) is 5.60 Å². The van der Waals surface area contributed by atoms with Gasteiger partial charge in [0.15, 0.2) is 0 Å². The van der Waals surface area contributed by atoms with Crippen LogP contribution in [0.25, 0.3) is 0 Å². The Bertz CT molecular complexity index is 534. The lowest BCUT2D eigenvalue weighted by Crippen LogP contribution is -2.60. The Morgan fingerprint density at radius 3 is 1.62 bits per heavy atom. The quantitative estimate of drug-likeness (QED) is 0.479. The summed E-state index contributed by atoms with van der Waals surface area (Å²) in [5, 5.41) is 2.24. The minimum Gasteiger partial charge on any atom is -0.269 e. The molecule has 0 fully saturated rings. The first kappa shape index (κ1) is 15.7. The van der Waals surface area contributed by atoms with Gasteiger partial charge in [0.1, 0.15) is 0 Å². The van der Waals surface area contributed by atoms with Gasteiger partial charge in [-0.15, -0.1) is 6.58 Å². The molecule has 0 saturated carbocycles. The molecule has 2 aromatic rings. The van der Waals surface area contributed by atoms with Crippen LogP contribution in [0.2, 0.25) is 0 Å². The average Bonchev–Trinajstić information content (AvgIpc) is 2.49. The molecule has 0 heterocycles. The summed E-state index contributed by atoms with van der Waals surface area (Å²) < 4.78 is 6.04. The zero-order valence-corrected chi connectivity index (χ0v) is 13.9. The predicted molar refractivity (Wildman–Crippen MR) is 90.0 cm³/mol. The molecule has 110 valence electrons. The normalized spacial score (nSPS) is 12.1. The molecule has 3 heteroatoms. The monoisotopic (exact) mass is 298 g/mol. The second-order valence-electron chi connectivity index (χ2n) is 5.95. The summed E-state index contributed by atoms with van der Waals surface area (Å²) in [5.74, 6) is 0. The van der Waals surface area contributed by atoms with Crippen molar-refractivity contribution in [2.24, 2.45) is 0 Å². The van der Waals surface area contributed by atoms with Crippen LogP contribution >= 0.6 is 0 Å². The molecule has 21 heavy (non-hydrogen) atoms. The van der Waals surface area contributed by atoms with E-state index >= 15 is 0 Å². The third-order valence-corrected chi connectivity index (χ3v) is 6.42. The molecule has 0 N–H and O–H groups in total. The fourth-order valence-corrected chi connectivity index (χ4v) is 4.92. The van der Waals surface area contributed by atoms with Gasteiger partial charge >= 0.3 is 8.32 Å². The van der Waals surface area contributed by atoms with Crippen LogP contribution < -0.4 is 10.4 Å². The molecule has 0 aliphatic rings. The first-order chi connectivity index (χ1) is 9.98. The smallest absolute Gasteiger partial charge is 0.269 e. The zero-order valence-electron chi connectivity index (χ0n) is 12.9. The topological polar surface area (TPSA) is 18.5 Å². The van der Waals surface area contributed by atoms with Crippen molar-refractivity contribution >= 4 is 18.7 Å². The highest BCUT2D eigenvalue weighted by molar-refractivity contribution is 7.01. The molecule has 0 atom stereocenters. The molecule has 0 unspecified atom stereocenters. The lowest BCUT2D eigenvalue weighted by atomic mass is 10.2. The first-order valence-corrected chi connectivity index (χ1v) is 9.08. The van der Waals surface area contributed by atoms with Gasteiger partial charge in [0.2, 0.25) is 0 Å². The van der Waals surface area contributed by atoms with Crippen molar-refractivity contribution < 1.29 is 9.46 Å². The summed E-state index contributed by atoms with van der Waals surface area (Å²) in [6, 6.07) is 20.4. The van der Waals surface area contributed by atoms with E-state index in [0.29, 0.717) is 0 Å². The van der Waals surface area contributed by atoms with Crippen LogP contribution in [0, 0.1) is 0 Å². The van der Waals surface area contributed by atoms with E-state index in [9.17, 15) is 0 Å². The summed E-state index contributed by atoms with van der Waals surface area (Å²) >= 11 is 0. The van der Waals surface area contributed by atoms with Crippen molar-refractivity contribution in [2.75, 3.05) is 0 Å². The van der Waals surface area contributed by atoms with E-state index in [1.165, 1.54) is 0 Å². The van der Waals surface area contributed by atoms with Gasteiger partial charge in [-0.1, -0.05) is 66.4 Å². The summed E-state index contributed by atoms with van der Waals surface area (Å²) in [6.07, 6.45) is 0. The first-order valence-electron chi connectivity index (χ1n) is 7.09. The number of benzene rings is 2. The van der Waals surface area contributed by atoms with Gasteiger partial charge in [0, 0.05) is 0 Å². The molecule has 2 aromatic carbocycles. The molecular formula is C18H22O2Si. The molecule has 0 aliphatic carbocycles. The lowest BCUT2D eigenvalue weighted by Gasteiger charge is -2.31. The maximum atomic E-state index is 6.04. The zero-order chi connectivity index (χ0) is 15.3. The molecule has 0 saturated heterocycles. The van der Waals surface area contributed by atoms with Gasteiger partial charge < -0.3 is 0 Å². The minimum atomic E-state index is -2.59. The van der Waals surface area contributed by atoms with Crippen molar-refractivity contribution in [3.05, 3.63) is 72.9 Å². The fourth-order valence-electron chi connectivity index (χ4n) is 2.09. The van der Waals surface area contributed by atoms with Crippen molar-refractivity contribution in [3.8, 4) is 0 Å². The van der Waals surface area contributed by atoms with Crippen molar-refractivity contribution in [2.45, 2.75) is 26.4 Å². The predicted octanol–water partition coefficient (Wildman–Crippen LogP) is 3.22. The molecule has 0 aliphatic heterocycles. The molecule has 0 radical (unpaired) electrons. The van der Waals surface area contributed by atoms with Crippen LogP contribution in [0.4, 0.5) is 0 Å². The van der Waals surface area contributed by atoms with Crippen LogP contribution in [-0.4, -0.2) is 13.9 Å². The van der Waals surface area contributed by atoms with Crippen LogP contribution in [0.1, 0.15) is 20.8 Å². The van der Waals surface area contributed by atoms with E-state index in [2.05, 4.69) is 30.8 Å². The molecular weight excluding hydrogens is 276 g/mol. The van der Waals surface area contributed by atoms with Crippen LogP contribution in [-0.2, 0) is 9.46 Å². The van der Waals surface area contributed by atoms with E-state index in [4.69, 9.17) is 9.46 Å². The van der Waals surface area contributed by atoms with Gasteiger partial charge in [-0.2, -0.15) is 0 Å². The molecule has 0 amide bonds. The Morgan fingerprint density at radius 2 is 1.29 bits per heavy atom. The second kappa shape index (κ2) is 6.39. The van der Waals surface area contributed by atoms with Gasteiger partial charge in [0.05, 0.1) is 5.60 Å². The van der Waals surface area contributed by atoms with E-state index in [0.717, 1.165) is 10.4 Å². The maximum absolute atomic E-state index is 6.04. The number of rotatable bonds is 5. The Kier molecular flexibility index (Phi) is 4.78. The summed E-state index contributed by atoms with van der Waals surface area (Å²) in [4.78, 5) is 5.69. The van der Waals surface area contributed by atoms with Crippen LogP contribution in [0.5, 0.6) is 0 Å². The van der Waals surface area contributed by atoms with Crippen LogP contribution in [0.3, 0.4) is 0 Å². The summed E-state index contributed by atoms with van der Waals surface area (Å²) in [6.45, 7) is 9.98. The fraction of sp³-hybridized carbons (Fsp3) is 0.222. The Labute approximate surface area is 128 Å². The standard InChI is InChI=1S/C18H22O2Si/c1-5-21(20-19-18(2,3)4,16-12-8-6-9-13-16)17-14-10-7-11-15-17/h5-15H,1H2,2-4H3. The Balaban J connectivity index is 2.49. The number of hydrogen-bond acceptors (Lipinski definition) is 2. The van der Waals surface area contributed by atoms with Crippen molar-refractivity contribution in [3.63, 3.8) is 0 Å². The Morgan fingerprint density at radius 1 is 0.857 bits per heavy atom. The molecule has 2 rings (SSSR count). The third-order valence-electron chi connectivity index (χ3n) is 3.12. The highest BCUT2D eigenvalue weighted by Gasteiger charge is 2.39. The van der Waals surface area contributed by atoms with Crippen molar-refractivity contribution in [1.82, 2.24) is 0 Å². The largest absolute Gasteiger partial charge is 0.323 e. The highest BCUT2D eigenvalue weighted by Crippen LogP contribution is 2.15. The van der Waals surface area contributed by atoms with E-state index in [1.54, 1.807) is 0 Å². The molecule has 0 bridgehead atoms. The minimum absolute atomic E-state index is 0.370. The molecule has 2 nitrogen and oxygen atoms in total. The van der Waals surface area contributed by atoms with Gasteiger partial charge in [-0.25, -0.2) is 4.89 Å². The van der Waals surface area contributed by atoms with Crippen LogP contribution in [0.15, 0.2) is 72.9 Å².